The van der Waals surface area contributed by atoms with Crippen LogP contribution in [0.25, 0.3) is 22.6 Å². The summed E-state index contributed by atoms with van der Waals surface area (Å²) in [5.41, 5.74) is 3.73. The number of hydrogen-bond acceptors (Lipinski definition) is 3. The maximum Gasteiger partial charge on any atom is 0.160 e. The fourth-order valence-electron chi connectivity index (χ4n) is 2.40. The number of imidazole rings is 1. The molecule has 1 N–H and O–H groups in total. The van der Waals surface area contributed by atoms with E-state index < -0.39 is 0 Å². The van der Waals surface area contributed by atoms with Crippen LogP contribution in [0.5, 0.6) is 0 Å². The average Bonchev–Trinajstić information content (AvgIpc) is 2.82. The molecule has 0 bridgehead atoms. The van der Waals surface area contributed by atoms with Gasteiger partial charge in [0.2, 0.25) is 0 Å². The number of hydrogen-bond donors (Lipinski definition) is 1. The summed E-state index contributed by atoms with van der Waals surface area (Å²) in [5, 5.41) is 9.79. The number of aliphatic hydroxyl groups is 1. The monoisotopic (exact) mass is 301 g/mol. The van der Waals surface area contributed by atoms with Crippen molar-refractivity contribution < 1.29 is 5.11 Å². The Labute approximate surface area is 128 Å². The molecule has 0 fully saturated rings. The van der Waals surface area contributed by atoms with Gasteiger partial charge >= 0.3 is 0 Å². The van der Waals surface area contributed by atoms with Gasteiger partial charge < -0.3 is 9.67 Å². The molecule has 0 aliphatic carbocycles. The van der Waals surface area contributed by atoms with Crippen molar-refractivity contribution in [1.82, 2.24) is 14.5 Å². The van der Waals surface area contributed by atoms with Gasteiger partial charge in [-0.05, 0) is 37.1 Å². The minimum Gasteiger partial charge on any atom is -0.396 e. The Balaban J connectivity index is 2.20. The third kappa shape index (κ3) is 2.77. The quantitative estimate of drug-likeness (QED) is 0.803. The number of benzene rings is 1. The minimum atomic E-state index is 0.139. The Morgan fingerprint density at radius 2 is 2.14 bits per heavy atom. The van der Waals surface area contributed by atoms with Gasteiger partial charge in [-0.2, -0.15) is 0 Å². The predicted octanol–water partition coefficient (Wildman–Crippen LogP) is 3.44. The van der Waals surface area contributed by atoms with Crippen LogP contribution in [-0.2, 0) is 6.54 Å². The van der Waals surface area contributed by atoms with Crippen LogP contribution in [0.4, 0.5) is 0 Å². The van der Waals surface area contributed by atoms with E-state index in [9.17, 15) is 0 Å². The molecule has 3 rings (SSSR count). The number of nitrogens with zero attached hydrogens (tertiary/aromatic N) is 3. The highest BCUT2D eigenvalue weighted by Crippen LogP contribution is 2.26. The molecular weight excluding hydrogens is 286 g/mol. The van der Waals surface area contributed by atoms with Gasteiger partial charge in [0.25, 0.3) is 0 Å². The molecule has 3 aromatic rings. The van der Waals surface area contributed by atoms with Crippen LogP contribution in [0.2, 0.25) is 5.02 Å². The smallest absolute Gasteiger partial charge is 0.160 e. The molecule has 0 amide bonds. The van der Waals surface area contributed by atoms with Crippen molar-refractivity contribution in [3.05, 3.63) is 47.1 Å². The maximum absolute atomic E-state index is 9.11. The largest absolute Gasteiger partial charge is 0.396 e. The lowest BCUT2D eigenvalue weighted by Crippen LogP contribution is -2.03. The van der Waals surface area contributed by atoms with Crippen LogP contribution < -0.4 is 0 Å². The molecule has 0 saturated carbocycles. The third-order valence-electron chi connectivity index (χ3n) is 3.34. The molecule has 108 valence electrons. The molecule has 0 radical (unpaired) electrons. The zero-order valence-electron chi connectivity index (χ0n) is 11.8. The normalized spacial score (nSPS) is 11.2. The number of fused-ring (bicyclic) bond motifs is 1. The molecule has 1 aromatic carbocycles. The Bertz CT molecular complexity index is 782. The predicted molar refractivity (Wildman–Crippen MR) is 84.4 cm³/mol. The van der Waals surface area contributed by atoms with Gasteiger partial charge in [-0.15, -0.1) is 0 Å². The maximum atomic E-state index is 9.11. The molecule has 0 atom stereocenters. The van der Waals surface area contributed by atoms with E-state index in [1.54, 1.807) is 0 Å². The van der Waals surface area contributed by atoms with Crippen molar-refractivity contribution in [2.24, 2.45) is 0 Å². The molecule has 0 saturated heterocycles. The highest BCUT2D eigenvalue weighted by Gasteiger charge is 2.13. The first-order chi connectivity index (χ1) is 10.2. The van der Waals surface area contributed by atoms with Crippen molar-refractivity contribution in [3.63, 3.8) is 0 Å². The van der Waals surface area contributed by atoms with Gasteiger partial charge in [0.15, 0.2) is 5.65 Å². The highest BCUT2D eigenvalue weighted by atomic mass is 35.5. The van der Waals surface area contributed by atoms with E-state index in [1.165, 1.54) is 0 Å². The van der Waals surface area contributed by atoms with Crippen molar-refractivity contribution in [2.75, 3.05) is 6.61 Å². The minimum absolute atomic E-state index is 0.139. The lowest BCUT2D eigenvalue weighted by Gasteiger charge is -2.08. The van der Waals surface area contributed by atoms with E-state index in [2.05, 4.69) is 4.98 Å². The first kappa shape index (κ1) is 14.0. The number of aromatic nitrogens is 3. The molecular formula is C16H16ClN3O. The second-order valence-electron chi connectivity index (χ2n) is 5.03. The summed E-state index contributed by atoms with van der Waals surface area (Å²) >= 11 is 6.08. The number of halogens is 1. The summed E-state index contributed by atoms with van der Waals surface area (Å²) in [6, 6.07) is 9.65. The van der Waals surface area contributed by atoms with Crippen molar-refractivity contribution in [3.8, 4) is 11.4 Å². The summed E-state index contributed by atoms with van der Waals surface area (Å²) in [6.07, 6.45) is 2.50. The summed E-state index contributed by atoms with van der Waals surface area (Å²) in [7, 11) is 0. The topological polar surface area (TPSA) is 50.9 Å². The van der Waals surface area contributed by atoms with Crippen LogP contribution >= 0.6 is 11.6 Å². The fraction of sp³-hybridized carbons (Fsp3) is 0.250. The number of aryl methyl sites for hydroxylation is 2. The highest BCUT2D eigenvalue weighted by molar-refractivity contribution is 6.30. The van der Waals surface area contributed by atoms with Gasteiger partial charge in [-0.3, -0.25) is 0 Å². The molecule has 2 aromatic heterocycles. The molecule has 0 spiro atoms. The molecule has 0 aliphatic heterocycles. The number of pyridine rings is 1. The van der Waals surface area contributed by atoms with E-state index in [-0.39, 0.29) is 6.61 Å². The average molecular weight is 302 g/mol. The van der Waals surface area contributed by atoms with Crippen LogP contribution in [0.1, 0.15) is 12.0 Å². The molecule has 0 unspecified atom stereocenters. The molecule has 0 aliphatic rings. The lowest BCUT2D eigenvalue weighted by atomic mass is 10.2. The number of rotatable bonds is 4. The third-order valence-corrected chi connectivity index (χ3v) is 3.58. The lowest BCUT2D eigenvalue weighted by molar-refractivity contribution is 0.280. The number of aliphatic hydroxyl groups excluding tert-OH is 1. The second-order valence-corrected chi connectivity index (χ2v) is 5.47. The molecule has 2 heterocycles. The van der Waals surface area contributed by atoms with Gasteiger partial charge in [-0.1, -0.05) is 23.7 Å². The van der Waals surface area contributed by atoms with Crippen LogP contribution in [0.3, 0.4) is 0 Å². The molecule has 4 nitrogen and oxygen atoms in total. The SMILES string of the molecule is Cc1cnc2c(c1)nc(-c1cccc(Cl)c1)n2CCCO. The van der Waals surface area contributed by atoms with Gasteiger partial charge in [0, 0.05) is 29.9 Å². The van der Waals surface area contributed by atoms with E-state index >= 15 is 0 Å². The second kappa shape index (κ2) is 5.84. The summed E-state index contributed by atoms with van der Waals surface area (Å²) in [5.74, 6) is 0.832. The van der Waals surface area contributed by atoms with E-state index in [0.717, 1.165) is 28.1 Å². The Hall–Kier alpha value is -1.91. The van der Waals surface area contributed by atoms with Crippen LogP contribution in [0, 0.1) is 6.92 Å². The fourth-order valence-corrected chi connectivity index (χ4v) is 2.59. The first-order valence-electron chi connectivity index (χ1n) is 6.89. The van der Waals surface area contributed by atoms with Crippen LogP contribution in [-0.4, -0.2) is 26.2 Å². The van der Waals surface area contributed by atoms with Gasteiger partial charge in [-0.25, -0.2) is 9.97 Å². The summed E-state index contributed by atoms with van der Waals surface area (Å²) < 4.78 is 2.04. The van der Waals surface area contributed by atoms with Crippen molar-refractivity contribution >= 4 is 22.8 Å². The Morgan fingerprint density at radius 3 is 2.90 bits per heavy atom. The Kier molecular flexibility index (Phi) is 3.90. The molecule has 5 heteroatoms. The molecule has 21 heavy (non-hydrogen) atoms. The summed E-state index contributed by atoms with van der Waals surface area (Å²) in [6.45, 7) is 2.81. The zero-order valence-corrected chi connectivity index (χ0v) is 12.5. The first-order valence-corrected chi connectivity index (χ1v) is 7.26. The van der Waals surface area contributed by atoms with Crippen LogP contribution in [0.15, 0.2) is 36.5 Å². The standard InChI is InChI=1S/C16H16ClN3O/c1-11-8-14-16(18-10-11)20(6-3-7-21)15(19-14)12-4-2-5-13(17)9-12/h2,4-5,8-10,21H,3,6-7H2,1H3. The van der Waals surface area contributed by atoms with Gasteiger partial charge in [0.05, 0.1) is 0 Å². The summed E-state index contributed by atoms with van der Waals surface area (Å²) in [4.78, 5) is 9.19. The van der Waals surface area contributed by atoms with E-state index in [0.29, 0.717) is 18.0 Å². The Morgan fingerprint density at radius 1 is 1.29 bits per heavy atom. The van der Waals surface area contributed by atoms with E-state index in [4.69, 9.17) is 21.7 Å². The van der Waals surface area contributed by atoms with Crippen molar-refractivity contribution in [1.29, 1.82) is 0 Å². The van der Waals surface area contributed by atoms with E-state index in [1.807, 2.05) is 48.0 Å². The van der Waals surface area contributed by atoms with Gasteiger partial charge in [0.1, 0.15) is 11.3 Å². The zero-order chi connectivity index (χ0) is 14.8. The van der Waals surface area contributed by atoms with Crippen molar-refractivity contribution in [2.45, 2.75) is 19.9 Å².